The van der Waals surface area contributed by atoms with Gasteiger partial charge in [0.2, 0.25) is 0 Å². The number of nitrogens with zero attached hydrogens (tertiary/aromatic N) is 3. The molecule has 0 saturated carbocycles. The molecule has 3 aromatic rings. The molecule has 4 heteroatoms. The van der Waals surface area contributed by atoms with Crippen LogP contribution in [0.3, 0.4) is 0 Å². The van der Waals surface area contributed by atoms with Gasteiger partial charge in [0.25, 0.3) is 0 Å². The molecular weight excluding hydrogens is 440 g/mol. The summed E-state index contributed by atoms with van der Waals surface area (Å²) in [5, 5.41) is 4.27. The third-order valence-electron chi connectivity index (χ3n) is 8.00. The van der Waals surface area contributed by atoms with Gasteiger partial charge in [0.05, 0.1) is 5.71 Å². The number of hydrogen-bond acceptors (Lipinski definition) is 4. The molecule has 3 aromatic carbocycles. The Hall–Kier alpha value is -2.95. The second-order valence-electron chi connectivity index (χ2n) is 10.6. The van der Waals surface area contributed by atoms with Gasteiger partial charge in [0.1, 0.15) is 0 Å². The Morgan fingerprint density at radius 2 is 1.44 bits per heavy atom. The van der Waals surface area contributed by atoms with E-state index in [1.54, 1.807) is 0 Å². The van der Waals surface area contributed by atoms with Crippen LogP contribution < -0.4 is 5.84 Å². The second-order valence-corrected chi connectivity index (χ2v) is 10.6. The monoisotopic (exact) mass is 480 g/mol. The molecule has 2 N–H and O–H groups in total. The predicted octanol–water partition coefficient (Wildman–Crippen LogP) is 5.99. The number of likely N-dealkylation sites (tertiary alicyclic amines) is 1. The van der Waals surface area contributed by atoms with Crippen molar-refractivity contribution >= 4 is 5.71 Å². The highest BCUT2D eigenvalue weighted by Gasteiger charge is 2.21. The maximum absolute atomic E-state index is 5.93. The van der Waals surface area contributed by atoms with Gasteiger partial charge in [0, 0.05) is 19.6 Å². The van der Waals surface area contributed by atoms with E-state index in [-0.39, 0.29) is 0 Å². The van der Waals surface area contributed by atoms with E-state index in [1.807, 2.05) is 0 Å². The number of fused-ring (bicyclic) bond motifs is 1. The van der Waals surface area contributed by atoms with E-state index in [4.69, 9.17) is 5.84 Å². The van der Waals surface area contributed by atoms with Gasteiger partial charge in [-0.15, -0.1) is 0 Å². The highest BCUT2D eigenvalue weighted by molar-refractivity contribution is 6.00. The van der Waals surface area contributed by atoms with Crippen molar-refractivity contribution in [2.24, 2.45) is 16.9 Å². The predicted molar refractivity (Wildman–Crippen MR) is 150 cm³/mol. The van der Waals surface area contributed by atoms with Gasteiger partial charge in [0.15, 0.2) is 0 Å². The lowest BCUT2D eigenvalue weighted by molar-refractivity contribution is 0.173. The average Bonchev–Trinajstić information content (AvgIpc) is 3.12. The van der Waals surface area contributed by atoms with Gasteiger partial charge in [-0.05, 0) is 98.0 Å². The summed E-state index contributed by atoms with van der Waals surface area (Å²) >= 11 is 0. The van der Waals surface area contributed by atoms with Crippen molar-refractivity contribution in [3.8, 4) is 0 Å². The van der Waals surface area contributed by atoms with Crippen molar-refractivity contribution < 1.29 is 0 Å². The zero-order valence-corrected chi connectivity index (χ0v) is 21.5. The fourth-order valence-corrected chi connectivity index (χ4v) is 5.89. The van der Waals surface area contributed by atoms with E-state index in [0.717, 1.165) is 50.7 Å². The number of nitrogens with two attached hydrogens (primary N) is 1. The van der Waals surface area contributed by atoms with Gasteiger partial charge in [-0.3, -0.25) is 9.80 Å². The molecule has 36 heavy (non-hydrogen) atoms. The van der Waals surface area contributed by atoms with E-state index in [1.165, 1.54) is 66.6 Å². The van der Waals surface area contributed by atoms with Crippen LogP contribution in [0.25, 0.3) is 0 Å². The van der Waals surface area contributed by atoms with Crippen LogP contribution >= 0.6 is 0 Å². The van der Waals surface area contributed by atoms with Gasteiger partial charge < -0.3 is 5.84 Å². The summed E-state index contributed by atoms with van der Waals surface area (Å²) in [6, 6.07) is 28.6. The first-order valence-electron chi connectivity index (χ1n) is 13.7. The molecule has 0 spiro atoms. The van der Waals surface area contributed by atoms with E-state index in [9.17, 15) is 0 Å². The summed E-state index contributed by atoms with van der Waals surface area (Å²) in [7, 11) is 0. The lowest BCUT2D eigenvalue weighted by Crippen LogP contribution is -2.33. The highest BCUT2D eigenvalue weighted by atomic mass is 15.1. The summed E-state index contributed by atoms with van der Waals surface area (Å²) in [5.41, 5.74) is 7.99. The third kappa shape index (κ3) is 6.63. The van der Waals surface area contributed by atoms with E-state index in [0.29, 0.717) is 0 Å². The lowest BCUT2D eigenvalue weighted by atomic mass is 9.89. The van der Waals surface area contributed by atoms with Crippen LogP contribution in [0, 0.1) is 5.92 Å². The Balaban J connectivity index is 1.16. The van der Waals surface area contributed by atoms with Gasteiger partial charge in [-0.25, -0.2) is 0 Å². The molecule has 188 valence electrons. The topological polar surface area (TPSA) is 44.9 Å². The van der Waals surface area contributed by atoms with Crippen molar-refractivity contribution in [3.63, 3.8) is 0 Å². The second kappa shape index (κ2) is 12.3. The smallest absolute Gasteiger partial charge is 0.0672 e. The minimum Gasteiger partial charge on any atom is -0.323 e. The number of hydrazone groups is 1. The Labute approximate surface area is 216 Å². The number of hydrogen-bond donors (Lipinski definition) is 1. The molecule has 4 nitrogen and oxygen atoms in total. The maximum atomic E-state index is 5.93. The Morgan fingerprint density at radius 3 is 2.11 bits per heavy atom. The molecule has 0 aromatic heterocycles. The van der Waals surface area contributed by atoms with E-state index < -0.39 is 0 Å². The van der Waals surface area contributed by atoms with Crippen LogP contribution in [0.15, 0.2) is 84.0 Å². The number of rotatable bonds is 8. The van der Waals surface area contributed by atoms with E-state index in [2.05, 4.69) is 93.8 Å². The summed E-state index contributed by atoms with van der Waals surface area (Å²) in [6.45, 7) is 6.58. The summed E-state index contributed by atoms with van der Waals surface area (Å²) < 4.78 is 0. The minimum absolute atomic E-state index is 0.760. The Bertz CT molecular complexity index is 1120. The number of piperidine rings is 1. The molecule has 0 amide bonds. The van der Waals surface area contributed by atoms with Crippen LogP contribution in [0.5, 0.6) is 0 Å². The zero-order chi connectivity index (χ0) is 24.6. The van der Waals surface area contributed by atoms with Crippen molar-refractivity contribution in [2.75, 3.05) is 19.6 Å². The molecule has 0 radical (unpaired) electrons. The molecule has 5 rings (SSSR count). The van der Waals surface area contributed by atoms with Crippen LogP contribution in [0.4, 0.5) is 0 Å². The minimum atomic E-state index is 0.760. The molecular formula is C32H40N4. The summed E-state index contributed by atoms with van der Waals surface area (Å²) in [5.74, 6) is 6.69. The zero-order valence-electron chi connectivity index (χ0n) is 21.5. The quantitative estimate of drug-likeness (QED) is 0.245. The first-order valence-corrected chi connectivity index (χ1v) is 13.7. The largest absolute Gasteiger partial charge is 0.323 e. The summed E-state index contributed by atoms with van der Waals surface area (Å²) in [6.07, 6.45) is 7.03. The first-order chi connectivity index (χ1) is 17.8. The van der Waals surface area contributed by atoms with Crippen LogP contribution in [0.2, 0.25) is 0 Å². The molecule has 1 saturated heterocycles. The fraction of sp³-hybridized carbons (Fsp3) is 0.406. The molecule has 0 bridgehead atoms. The average molecular weight is 481 g/mol. The van der Waals surface area contributed by atoms with Crippen LogP contribution in [-0.2, 0) is 26.1 Å². The molecule has 1 fully saturated rings. The van der Waals surface area contributed by atoms with Gasteiger partial charge in [-0.2, -0.15) is 5.10 Å². The molecule has 2 aliphatic heterocycles. The fourth-order valence-electron chi connectivity index (χ4n) is 5.89. The van der Waals surface area contributed by atoms with Crippen LogP contribution in [0.1, 0.15) is 59.9 Å². The summed E-state index contributed by atoms with van der Waals surface area (Å²) in [4.78, 5) is 5.17. The highest BCUT2D eigenvalue weighted by Crippen LogP contribution is 2.26. The Morgan fingerprint density at radius 1 is 0.778 bits per heavy atom. The van der Waals surface area contributed by atoms with Crippen LogP contribution in [-0.4, -0.2) is 35.1 Å². The molecule has 2 aliphatic rings. The molecule has 0 unspecified atom stereocenters. The molecule has 2 heterocycles. The Kier molecular flexibility index (Phi) is 8.47. The number of aryl methyl sites for hydroxylation is 1. The molecule has 0 atom stereocenters. The standard InChI is InChI=1S/C32H40N4/c33-34-32(16-13-26-17-20-35(21-18-26)23-27-8-3-1-4-9-27)30-15-14-29-12-7-19-36(25-31(29)22-30)24-28-10-5-2-6-11-28/h1-6,8-11,14-15,22,26H,7,12-13,16-21,23-25,33H2. The first kappa shape index (κ1) is 24.7. The normalized spacial score (nSPS) is 18.1. The van der Waals surface area contributed by atoms with E-state index >= 15 is 0 Å². The van der Waals surface area contributed by atoms with Gasteiger partial charge in [-0.1, -0.05) is 72.8 Å². The van der Waals surface area contributed by atoms with Crippen molar-refractivity contribution in [3.05, 3.63) is 107 Å². The van der Waals surface area contributed by atoms with Crippen molar-refractivity contribution in [2.45, 2.75) is 58.2 Å². The van der Waals surface area contributed by atoms with Crippen molar-refractivity contribution in [1.29, 1.82) is 0 Å². The van der Waals surface area contributed by atoms with Gasteiger partial charge >= 0.3 is 0 Å². The number of benzene rings is 3. The SMILES string of the molecule is NN=C(CCC1CCN(Cc2ccccc2)CC1)c1ccc2c(c1)CN(Cc1ccccc1)CCC2. The third-order valence-corrected chi connectivity index (χ3v) is 8.00. The molecule has 0 aliphatic carbocycles. The maximum Gasteiger partial charge on any atom is 0.0672 e. The van der Waals surface area contributed by atoms with Crippen molar-refractivity contribution in [1.82, 2.24) is 9.80 Å². The lowest BCUT2D eigenvalue weighted by Gasteiger charge is -2.32.